The normalized spacial score (nSPS) is 78.6. The molecule has 0 N–H and O–H groups in total. The van der Waals surface area contributed by atoms with Crippen LogP contribution in [0.1, 0.15) is 258 Å². The van der Waals surface area contributed by atoms with Gasteiger partial charge in [0.15, 0.2) is 0 Å². The molecule has 0 amide bonds. The van der Waals surface area contributed by atoms with Crippen LogP contribution in [0.5, 0.6) is 0 Å². The minimum absolute atomic E-state index is 0.975. The highest BCUT2D eigenvalue weighted by Gasteiger charge is 2.90. The predicted molar refractivity (Wildman–Crippen MR) is 490 cm³/mol. The van der Waals surface area contributed by atoms with Crippen LogP contribution in [-0.4, -0.2) is 0 Å². The van der Waals surface area contributed by atoms with E-state index in [1.807, 2.05) is 0 Å². The van der Waals surface area contributed by atoms with Gasteiger partial charge < -0.3 is 0 Å². The third kappa shape index (κ3) is 7.62. The topological polar surface area (TPSA) is 0 Å². The summed E-state index contributed by atoms with van der Waals surface area (Å²) in [4.78, 5) is 0. The number of rotatable bonds is 0. The van der Waals surface area contributed by atoms with Crippen LogP contribution < -0.4 is 0 Å². The average Bonchev–Trinajstić information content (AvgIpc) is 0.630. The summed E-state index contributed by atoms with van der Waals surface area (Å²) in [6, 6.07) is 0. The molecule has 0 aromatic rings. The molecule has 0 radical (unpaired) electrons. The molecular formula is C123H178. The van der Waals surface area contributed by atoms with Crippen molar-refractivity contribution in [2.45, 2.75) is 258 Å². The van der Waals surface area contributed by atoms with Crippen molar-refractivity contribution in [3.05, 3.63) is 0 Å². The predicted octanol–water partition coefficient (Wildman–Crippen LogP) is 27.5. The lowest BCUT2D eigenvalue weighted by atomic mass is 9.17. The van der Waals surface area contributed by atoms with E-state index < -0.39 is 0 Å². The fourth-order valence-electron chi connectivity index (χ4n) is 65.0. The number of hydrogen-bond donors (Lipinski definition) is 0. The van der Waals surface area contributed by atoms with Gasteiger partial charge in [-0.3, -0.25) is 0 Å². The molecule has 36 aliphatic carbocycles. The molecule has 0 heteroatoms. The monoisotopic (exact) mass is 1660 g/mol. The Morgan fingerprint density at radius 1 is 0.0894 bits per heavy atom. The first-order valence-electron chi connectivity index (χ1n) is 59.8. The summed E-state index contributed by atoms with van der Waals surface area (Å²) in [6.45, 7) is 46.4. The van der Waals surface area contributed by atoms with Crippen molar-refractivity contribution in [1.82, 2.24) is 0 Å². The molecule has 0 aliphatic heterocycles. The Morgan fingerprint density at radius 2 is 0.260 bits per heavy atom. The minimum atomic E-state index is 0.975. The van der Waals surface area contributed by atoms with E-state index in [2.05, 4.69) is 111 Å². The second-order valence-corrected chi connectivity index (χ2v) is 62.1. The van der Waals surface area contributed by atoms with Crippen LogP contribution in [0.4, 0.5) is 0 Å². The Morgan fingerprint density at radius 3 is 0.537 bits per heavy atom. The van der Waals surface area contributed by atoms with E-state index in [9.17, 15) is 0 Å². The van der Waals surface area contributed by atoms with Gasteiger partial charge in [-0.05, 0) is 619 Å². The third-order valence-corrected chi connectivity index (χ3v) is 63.9. The SMILES string of the molecule is CC1CC2CC3CC4CC5CC(C)C(C)C6C5C5C4C4C3C3C2C(C1C)C1C(C)C(C)C2CCC7CC8CC9CCC%10C(C)C(C)C6C6C%10C9C9C8C8C7C2C1C3C8C4C9C56.CC1CCC2C3CCC4C5CCC(C)C6C(C)C7C(C)C8C(C)CCC9C%10CCC%11C%12CCC(C)C%13C(C)C%14C(C)C1C2C1C%14C(C%12%13)C2C%11C%10C%10C(C98)C7C(C56)C5C4C3C1C2C5%10. The zero-order chi connectivity index (χ0) is 80.8. The van der Waals surface area contributed by atoms with E-state index in [0.717, 1.165) is 349 Å². The molecule has 36 aliphatic rings. The Labute approximate surface area is 750 Å². The van der Waals surface area contributed by atoms with Gasteiger partial charge in [0.2, 0.25) is 0 Å². The average molecular weight is 1660 g/mol. The zero-order valence-electron chi connectivity index (χ0n) is 80.8. The molecule has 0 heterocycles. The van der Waals surface area contributed by atoms with E-state index in [4.69, 9.17) is 0 Å². The number of hydrogen-bond acceptors (Lipinski definition) is 0. The number of fused-ring (bicyclic) bond motifs is 6. The highest BCUT2D eigenvalue weighted by Crippen LogP contribution is 2.94. The minimum Gasteiger partial charge on any atom is -0.0622 e. The highest BCUT2D eigenvalue weighted by molar-refractivity contribution is 5.37. The lowest BCUT2D eigenvalue weighted by molar-refractivity contribution is -0.405. The summed E-state index contributed by atoms with van der Waals surface area (Å²) in [5.74, 6) is 93.6. The van der Waals surface area contributed by atoms with Crippen molar-refractivity contribution in [3.63, 3.8) is 0 Å². The maximum Gasteiger partial charge on any atom is -0.0312 e. The molecule has 0 bridgehead atoms. The molecule has 74 unspecified atom stereocenters. The molecule has 0 aromatic carbocycles. The van der Waals surface area contributed by atoms with Crippen LogP contribution in [-0.2, 0) is 0 Å². The highest BCUT2D eigenvalue weighted by atomic mass is 14.9. The Bertz CT molecular complexity index is 4050. The van der Waals surface area contributed by atoms with Crippen molar-refractivity contribution in [1.29, 1.82) is 0 Å². The zero-order valence-corrected chi connectivity index (χ0v) is 80.8. The largest absolute Gasteiger partial charge is 0.0622 e. The van der Waals surface area contributed by atoms with Gasteiger partial charge >= 0.3 is 0 Å². The first kappa shape index (κ1) is 74.3. The van der Waals surface area contributed by atoms with Crippen molar-refractivity contribution in [2.75, 3.05) is 0 Å². The third-order valence-electron chi connectivity index (χ3n) is 63.9. The van der Waals surface area contributed by atoms with Crippen LogP contribution in [0.2, 0.25) is 0 Å². The Hall–Kier alpha value is 0. The molecule has 36 saturated carbocycles. The lowest BCUT2D eigenvalue weighted by Crippen LogP contribution is -2.83. The van der Waals surface area contributed by atoms with Crippen molar-refractivity contribution in [2.24, 2.45) is 497 Å². The van der Waals surface area contributed by atoms with Gasteiger partial charge in [0, 0.05) is 0 Å². The first-order chi connectivity index (χ1) is 59.8. The maximum absolute atomic E-state index is 2.98. The summed E-state index contributed by atoms with van der Waals surface area (Å²) in [5, 5.41) is 0. The summed E-state index contributed by atoms with van der Waals surface area (Å²) in [7, 11) is 0. The Balaban J connectivity index is 0.000000111. The van der Waals surface area contributed by atoms with Gasteiger partial charge in [0.25, 0.3) is 0 Å². The maximum atomic E-state index is 2.98. The smallest absolute Gasteiger partial charge is 0.0312 e. The van der Waals surface area contributed by atoms with E-state index in [0.29, 0.717) is 0 Å². The standard InChI is InChI=1S/C62H90.C61H88/c1-21-9-13-29-33-17-18-34-31-15-11-23(3)39-27(7)42-28(8)40-24(4)12-16-32-36-20-19-35-30-14-10-22(2)38-26(6)41-25(5)37(21)43(29)53-51(41)54(44(30)38)58-49(35)50(36)60-56(46(32)40)52(42)55(45(31)39)59-48(34)47(33)57(53)61(58)62(59)60;1-20-13-30-17-33-19-34-18-31-14-21(2)23(4)38-40-27(8)25(6)36-12-10-29-16-32-15-28-9-11-35-24(5)26(7)39-37(22(20)3)43(30)54-46(33)56-47(34)55(44(31)38)58-51(40)49(36)42(29)53-45(32)52-41(28)48(35)50(39)57(54)59(52)61(56)60(53)58/h21-62H,9-20H2,1-8H3;20-61H,9-19H2,1-8H3. The van der Waals surface area contributed by atoms with Crippen LogP contribution in [0.15, 0.2) is 0 Å². The summed E-state index contributed by atoms with van der Waals surface area (Å²) in [6.07, 6.45) is 38.5. The van der Waals surface area contributed by atoms with Gasteiger partial charge in [0.1, 0.15) is 0 Å². The molecule has 36 rings (SSSR count). The van der Waals surface area contributed by atoms with Crippen LogP contribution >= 0.6 is 0 Å². The Kier molecular flexibility index (Phi) is 14.3. The van der Waals surface area contributed by atoms with E-state index >= 15 is 0 Å². The fourth-order valence-corrected chi connectivity index (χ4v) is 65.0. The summed E-state index contributed by atoms with van der Waals surface area (Å²) in [5.41, 5.74) is 0. The second-order valence-electron chi connectivity index (χ2n) is 62.1. The lowest BCUT2D eigenvalue weighted by Gasteiger charge is -2.87. The van der Waals surface area contributed by atoms with E-state index in [1.165, 1.54) is 148 Å². The molecule has 123 heavy (non-hydrogen) atoms. The molecule has 0 nitrogen and oxygen atoms in total. The van der Waals surface area contributed by atoms with E-state index in [-0.39, 0.29) is 0 Å². The van der Waals surface area contributed by atoms with E-state index in [1.54, 1.807) is 148 Å². The van der Waals surface area contributed by atoms with Crippen molar-refractivity contribution < 1.29 is 0 Å². The fraction of sp³-hybridized carbons (Fsp3) is 1.00. The van der Waals surface area contributed by atoms with Crippen LogP contribution in [0.3, 0.4) is 0 Å². The molecular weight excluding hydrogens is 1480 g/mol. The summed E-state index contributed by atoms with van der Waals surface area (Å²) >= 11 is 0. The van der Waals surface area contributed by atoms with Crippen molar-refractivity contribution >= 4 is 0 Å². The quantitative estimate of drug-likeness (QED) is 0.227. The van der Waals surface area contributed by atoms with Gasteiger partial charge in [-0.15, -0.1) is 0 Å². The van der Waals surface area contributed by atoms with Gasteiger partial charge in [-0.2, -0.15) is 0 Å². The molecule has 0 saturated heterocycles. The molecule has 670 valence electrons. The van der Waals surface area contributed by atoms with Crippen LogP contribution in [0, 0.1) is 497 Å². The van der Waals surface area contributed by atoms with Crippen LogP contribution in [0.25, 0.3) is 0 Å². The molecule has 0 aromatic heterocycles. The second kappa shape index (κ2) is 23.6. The van der Waals surface area contributed by atoms with Gasteiger partial charge in [-0.1, -0.05) is 136 Å². The van der Waals surface area contributed by atoms with Crippen molar-refractivity contribution in [3.8, 4) is 0 Å². The summed E-state index contributed by atoms with van der Waals surface area (Å²) < 4.78 is 0. The van der Waals surface area contributed by atoms with Gasteiger partial charge in [-0.25, -0.2) is 0 Å². The first-order valence-corrected chi connectivity index (χ1v) is 59.8. The molecule has 74 atom stereocenters. The van der Waals surface area contributed by atoms with Gasteiger partial charge in [0.05, 0.1) is 0 Å². The molecule has 36 fully saturated rings. The molecule has 0 spiro atoms.